The van der Waals surface area contributed by atoms with Crippen LogP contribution in [-0.2, 0) is 28.8 Å². The lowest BCUT2D eigenvalue weighted by molar-refractivity contribution is -0.141. The normalized spacial score (nSPS) is 13.3. The zero-order chi connectivity index (χ0) is 33.2. The van der Waals surface area contributed by atoms with Gasteiger partial charge < -0.3 is 65.0 Å². The van der Waals surface area contributed by atoms with Crippen molar-refractivity contribution in [2.45, 2.75) is 90.0 Å². The van der Waals surface area contributed by atoms with E-state index in [2.05, 4.69) is 0 Å². The SMILES string of the molecule is CC(C)[C@H](N)C(=O)O.C[C@H](N)C(=O)O.C[C@H](N)C(=O)O.NCCCC[C@H](N)C(=O)O.N[C@@H](CCC(=O)O)C(=O)O. The maximum Gasteiger partial charge on any atom is 0.320 e. The van der Waals surface area contributed by atoms with Crippen LogP contribution < -0.4 is 34.4 Å². The Kier molecular flexibility index (Phi) is 33.2. The van der Waals surface area contributed by atoms with Crippen molar-refractivity contribution in [3.63, 3.8) is 0 Å². The van der Waals surface area contributed by atoms with Gasteiger partial charge in [0.05, 0.1) is 0 Å². The Morgan fingerprint density at radius 2 is 0.875 bits per heavy atom. The average Bonchev–Trinajstić information content (AvgIpc) is 2.83. The second-order valence-electron chi connectivity index (χ2n) is 8.47. The zero-order valence-electron chi connectivity index (χ0n) is 23.3. The maximum absolute atomic E-state index is 10.1. The molecule has 0 aromatic rings. The Labute approximate surface area is 232 Å². The first kappa shape index (κ1) is 46.4. The summed E-state index contributed by atoms with van der Waals surface area (Å²) in [6, 6.07) is -3.95. The third-order valence-electron chi connectivity index (χ3n) is 4.06. The minimum Gasteiger partial charge on any atom is -0.481 e. The van der Waals surface area contributed by atoms with Crippen LogP contribution in [0.2, 0.25) is 0 Å². The van der Waals surface area contributed by atoms with Gasteiger partial charge in [-0.1, -0.05) is 20.3 Å². The van der Waals surface area contributed by atoms with E-state index in [1.54, 1.807) is 13.8 Å². The van der Waals surface area contributed by atoms with E-state index in [-0.39, 0.29) is 18.8 Å². The number of hydrogen-bond acceptors (Lipinski definition) is 12. The van der Waals surface area contributed by atoms with Crippen LogP contribution in [0.4, 0.5) is 0 Å². The summed E-state index contributed by atoms with van der Waals surface area (Å²) < 4.78 is 0. The van der Waals surface area contributed by atoms with Crippen LogP contribution in [0.3, 0.4) is 0 Å². The van der Waals surface area contributed by atoms with E-state index < -0.39 is 66.0 Å². The van der Waals surface area contributed by atoms with Gasteiger partial charge in [-0.3, -0.25) is 28.8 Å². The van der Waals surface area contributed by atoms with E-state index in [9.17, 15) is 28.8 Å². The van der Waals surface area contributed by atoms with Gasteiger partial charge in [0.15, 0.2) is 0 Å². The van der Waals surface area contributed by atoms with Crippen molar-refractivity contribution in [3.05, 3.63) is 0 Å². The molecular formula is C22H48N6O12. The number of rotatable bonds is 13. The van der Waals surface area contributed by atoms with E-state index in [0.29, 0.717) is 13.0 Å². The lowest BCUT2D eigenvalue weighted by atomic mass is 10.1. The summed E-state index contributed by atoms with van der Waals surface area (Å²) in [5.41, 5.74) is 30.3. The molecule has 0 fully saturated rings. The fourth-order valence-corrected chi connectivity index (χ4v) is 1.32. The fourth-order valence-electron chi connectivity index (χ4n) is 1.32. The molecule has 0 rings (SSSR count). The second kappa shape index (κ2) is 28.6. The van der Waals surface area contributed by atoms with Gasteiger partial charge in [0.25, 0.3) is 0 Å². The Bertz CT molecular complexity index is 717. The van der Waals surface area contributed by atoms with E-state index in [1.165, 1.54) is 13.8 Å². The van der Waals surface area contributed by atoms with Crippen molar-refractivity contribution in [2.24, 2.45) is 40.3 Å². The fraction of sp³-hybridized carbons (Fsp3) is 0.727. The van der Waals surface area contributed by atoms with Crippen LogP contribution in [0.5, 0.6) is 0 Å². The molecule has 0 aliphatic rings. The Hall–Kier alpha value is -3.42. The number of aliphatic carboxylic acids is 6. The zero-order valence-corrected chi connectivity index (χ0v) is 23.3. The summed E-state index contributed by atoms with van der Waals surface area (Å²) in [5.74, 6) is -5.97. The average molecular weight is 589 g/mol. The van der Waals surface area contributed by atoms with Crippen LogP contribution >= 0.6 is 0 Å². The molecule has 238 valence electrons. The topological polar surface area (TPSA) is 380 Å². The molecule has 0 spiro atoms. The first-order valence-corrected chi connectivity index (χ1v) is 11.9. The Morgan fingerprint density at radius 1 is 0.550 bits per heavy atom. The highest BCUT2D eigenvalue weighted by Crippen LogP contribution is 1.97. The predicted molar refractivity (Wildman–Crippen MR) is 144 cm³/mol. The summed E-state index contributed by atoms with van der Waals surface area (Å²) in [4.78, 5) is 59.2. The van der Waals surface area contributed by atoms with Gasteiger partial charge in [0.1, 0.15) is 30.2 Å². The summed E-state index contributed by atoms with van der Waals surface area (Å²) in [5, 5.41) is 48.6. The van der Waals surface area contributed by atoms with Gasteiger partial charge in [-0.05, 0) is 45.6 Å². The van der Waals surface area contributed by atoms with E-state index >= 15 is 0 Å². The number of carboxylic acid groups (broad SMARTS) is 6. The van der Waals surface area contributed by atoms with Crippen LogP contribution in [0.25, 0.3) is 0 Å². The van der Waals surface area contributed by atoms with Crippen LogP contribution in [-0.4, -0.2) is 103 Å². The third-order valence-corrected chi connectivity index (χ3v) is 4.06. The molecule has 0 saturated heterocycles. The van der Waals surface area contributed by atoms with Crippen molar-refractivity contribution in [1.82, 2.24) is 0 Å². The van der Waals surface area contributed by atoms with Gasteiger partial charge >= 0.3 is 35.8 Å². The molecular weight excluding hydrogens is 540 g/mol. The first-order valence-electron chi connectivity index (χ1n) is 11.9. The number of unbranched alkanes of at least 4 members (excludes halogenated alkanes) is 1. The van der Waals surface area contributed by atoms with Gasteiger partial charge in [0, 0.05) is 6.42 Å². The van der Waals surface area contributed by atoms with Crippen molar-refractivity contribution in [2.75, 3.05) is 6.54 Å². The molecule has 18 heteroatoms. The summed E-state index contributed by atoms with van der Waals surface area (Å²) in [6.45, 7) is 6.99. The standard InChI is InChI=1S/C6H14N2O2.C5H9NO4.C5H11NO2.2C3H7NO2/c7-4-2-1-3-5(8)6(9)10;6-3(5(9)10)1-2-4(7)8;1-3(2)4(6)5(7)8;2*1-2(4)3(5)6/h5H,1-4,7-8H2,(H,9,10);3H,1-2,6H2,(H,7,8)(H,9,10);3-4H,6H2,1-2H3,(H,7,8);2*2H,4H2,1H3,(H,5,6)/t5-;3-;4-;2*2-/m00000/s1. The number of nitrogens with two attached hydrogens (primary N) is 6. The molecule has 0 heterocycles. The first-order chi connectivity index (χ1) is 18.1. The van der Waals surface area contributed by atoms with Crippen molar-refractivity contribution < 1.29 is 59.4 Å². The second-order valence-corrected chi connectivity index (χ2v) is 8.47. The van der Waals surface area contributed by atoms with Gasteiger partial charge in [0.2, 0.25) is 0 Å². The van der Waals surface area contributed by atoms with E-state index in [4.69, 9.17) is 65.0 Å². The molecule has 0 aromatic carbocycles. The minimum absolute atomic E-state index is 0.0208. The molecule has 0 aliphatic heterocycles. The van der Waals surface area contributed by atoms with Gasteiger partial charge in [-0.2, -0.15) is 0 Å². The van der Waals surface area contributed by atoms with E-state index in [0.717, 1.165) is 12.8 Å². The lowest BCUT2D eigenvalue weighted by Crippen LogP contribution is -2.34. The molecule has 0 saturated carbocycles. The number of carboxylic acids is 6. The molecule has 0 unspecified atom stereocenters. The van der Waals surface area contributed by atoms with Crippen molar-refractivity contribution in [1.29, 1.82) is 0 Å². The predicted octanol–water partition coefficient (Wildman–Crippen LogP) is -2.32. The van der Waals surface area contributed by atoms with Gasteiger partial charge in [-0.15, -0.1) is 0 Å². The lowest BCUT2D eigenvalue weighted by Gasteiger charge is -2.07. The summed E-state index contributed by atoms with van der Waals surface area (Å²) in [7, 11) is 0. The molecule has 18 N–H and O–H groups in total. The van der Waals surface area contributed by atoms with E-state index in [1.807, 2.05) is 0 Å². The molecule has 0 radical (unpaired) electrons. The van der Waals surface area contributed by atoms with Crippen LogP contribution in [0, 0.1) is 5.92 Å². The number of carbonyl (C=O) groups is 6. The monoisotopic (exact) mass is 588 g/mol. The third kappa shape index (κ3) is 41.7. The van der Waals surface area contributed by atoms with Crippen LogP contribution in [0.1, 0.15) is 59.8 Å². The van der Waals surface area contributed by atoms with Crippen LogP contribution in [0.15, 0.2) is 0 Å². The highest BCUT2D eigenvalue weighted by atomic mass is 16.4. The molecule has 40 heavy (non-hydrogen) atoms. The summed E-state index contributed by atoms with van der Waals surface area (Å²) >= 11 is 0. The Morgan fingerprint density at radius 3 is 1.05 bits per heavy atom. The largest absolute Gasteiger partial charge is 0.481 e. The van der Waals surface area contributed by atoms with Crippen molar-refractivity contribution >= 4 is 35.8 Å². The smallest absolute Gasteiger partial charge is 0.320 e. The quantitative estimate of drug-likeness (QED) is 0.100. The van der Waals surface area contributed by atoms with Crippen molar-refractivity contribution in [3.8, 4) is 0 Å². The number of hydrogen-bond donors (Lipinski definition) is 12. The molecule has 0 bridgehead atoms. The minimum atomic E-state index is -1.17. The Balaban J connectivity index is -0.000000130. The molecule has 0 aliphatic carbocycles. The molecule has 0 aromatic heterocycles. The molecule has 0 amide bonds. The molecule has 5 atom stereocenters. The summed E-state index contributed by atoms with van der Waals surface area (Å²) in [6.07, 6.45) is 1.94. The molecule has 18 nitrogen and oxygen atoms in total. The highest BCUT2D eigenvalue weighted by molar-refractivity contribution is 5.75. The van der Waals surface area contributed by atoms with Gasteiger partial charge in [-0.25, -0.2) is 0 Å². The maximum atomic E-state index is 10.1. The highest BCUT2D eigenvalue weighted by Gasteiger charge is 2.14.